The smallest absolute Gasteiger partial charge is 0.319 e. The fourth-order valence-corrected chi connectivity index (χ4v) is 3.92. The Morgan fingerprint density at radius 1 is 1.63 bits per heavy atom. The highest BCUT2D eigenvalue weighted by Gasteiger charge is 2.24. The van der Waals surface area contributed by atoms with Crippen molar-refractivity contribution in [2.24, 2.45) is 7.05 Å². The van der Waals surface area contributed by atoms with Crippen molar-refractivity contribution in [3.8, 4) is 0 Å². The lowest BCUT2D eigenvalue weighted by Crippen LogP contribution is -2.25. The summed E-state index contributed by atoms with van der Waals surface area (Å²) in [7, 11) is 3.07. The molecule has 0 saturated carbocycles. The molecule has 19 heavy (non-hydrogen) atoms. The van der Waals surface area contributed by atoms with Gasteiger partial charge in [0.1, 0.15) is 5.25 Å². The fourth-order valence-electron chi connectivity index (χ4n) is 1.83. The van der Waals surface area contributed by atoms with Crippen molar-refractivity contribution in [3.63, 3.8) is 0 Å². The Morgan fingerprint density at radius 2 is 2.37 bits per heavy atom. The third-order valence-corrected chi connectivity index (χ3v) is 5.44. The van der Waals surface area contributed by atoms with Crippen LogP contribution in [-0.4, -0.2) is 33.6 Å². The quantitative estimate of drug-likeness (QED) is 0.477. The van der Waals surface area contributed by atoms with E-state index >= 15 is 0 Å². The Hall–Kier alpha value is -0.950. The van der Waals surface area contributed by atoms with E-state index in [1.54, 1.807) is 18.8 Å². The van der Waals surface area contributed by atoms with Gasteiger partial charge in [-0.05, 0) is 6.42 Å². The molecule has 0 amide bonds. The van der Waals surface area contributed by atoms with Crippen LogP contribution in [0.5, 0.6) is 0 Å². The molecular weight excluding hydrogens is 284 g/mol. The van der Waals surface area contributed by atoms with E-state index in [0.717, 1.165) is 22.8 Å². The lowest BCUT2D eigenvalue weighted by atomic mass is 10.3. The molecule has 5 nitrogen and oxygen atoms in total. The van der Waals surface area contributed by atoms with Gasteiger partial charge in [0.05, 0.1) is 17.7 Å². The maximum Gasteiger partial charge on any atom is 0.319 e. The molecule has 7 heteroatoms. The van der Waals surface area contributed by atoms with E-state index in [9.17, 15) is 9.59 Å². The van der Waals surface area contributed by atoms with Crippen molar-refractivity contribution in [2.45, 2.75) is 35.1 Å². The summed E-state index contributed by atoms with van der Waals surface area (Å²) >= 11 is 2.85. The van der Waals surface area contributed by atoms with Gasteiger partial charge in [-0.25, -0.2) is 4.98 Å². The topological polar surface area (TPSA) is 61.2 Å². The highest BCUT2D eigenvalue weighted by atomic mass is 32.2. The third-order valence-electron chi connectivity index (χ3n) is 2.95. The second kappa shape index (κ2) is 6.00. The maximum absolute atomic E-state index is 12.2. The van der Waals surface area contributed by atoms with Gasteiger partial charge in [-0.15, -0.1) is 11.8 Å². The Bertz CT molecular complexity index is 557. The largest absolute Gasteiger partial charge is 0.468 e. The summed E-state index contributed by atoms with van der Waals surface area (Å²) in [5, 5.41) is 0.263. The number of fused-ring (bicyclic) bond motifs is 1. The van der Waals surface area contributed by atoms with E-state index in [4.69, 9.17) is 4.74 Å². The van der Waals surface area contributed by atoms with Crippen molar-refractivity contribution in [1.29, 1.82) is 0 Å². The highest BCUT2D eigenvalue weighted by Crippen LogP contribution is 2.30. The number of hydrogen-bond donors (Lipinski definition) is 0. The number of esters is 1. The van der Waals surface area contributed by atoms with Crippen LogP contribution < -0.4 is 5.56 Å². The number of ether oxygens (including phenoxy) is 1. The molecule has 1 aliphatic heterocycles. The number of carbonyl (C=O) groups is 1. The first-order valence-electron chi connectivity index (χ1n) is 6.05. The van der Waals surface area contributed by atoms with Crippen LogP contribution in [0, 0.1) is 0 Å². The third kappa shape index (κ3) is 2.81. The maximum atomic E-state index is 12.2. The van der Waals surface area contributed by atoms with Crippen LogP contribution >= 0.6 is 23.5 Å². The molecule has 104 valence electrons. The van der Waals surface area contributed by atoms with Crippen LogP contribution in [0.2, 0.25) is 0 Å². The van der Waals surface area contributed by atoms with Crippen molar-refractivity contribution in [3.05, 3.63) is 16.0 Å². The molecule has 1 aromatic rings. The van der Waals surface area contributed by atoms with Crippen molar-refractivity contribution in [2.75, 3.05) is 12.9 Å². The number of hydrogen-bond acceptors (Lipinski definition) is 6. The standard InChI is InChI=1S/C12H16N2O3S2/c1-4-8(11(16)17-3)19-12-13-7-5-6-18-9(7)10(15)14(12)2/h8H,4-6H2,1-3H3/t8-/m0/s1. The Balaban J connectivity index is 2.33. The zero-order valence-electron chi connectivity index (χ0n) is 11.1. The van der Waals surface area contributed by atoms with E-state index in [2.05, 4.69) is 4.98 Å². The summed E-state index contributed by atoms with van der Waals surface area (Å²) in [6.45, 7) is 1.91. The molecule has 0 unspecified atom stereocenters. The predicted octanol–water partition coefficient (Wildman–Crippen LogP) is 1.47. The van der Waals surface area contributed by atoms with Crippen LogP contribution in [0.15, 0.2) is 14.8 Å². The minimum absolute atomic E-state index is 0.0188. The molecule has 0 saturated heterocycles. The van der Waals surface area contributed by atoms with E-state index in [-0.39, 0.29) is 16.8 Å². The predicted molar refractivity (Wildman–Crippen MR) is 75.9 cm³/mol. The van der Waals surface area contributed by atoms with Crippen LogP contribution in [0.1, 0.15) is 19.0 Å². The van der Waals surface area contributed by atoms with Gasteiger partial charge in [-0.3, -0.25) is 14.2 Å². The first kappa shape index (κ1) is 14.5. The number of thioether (sulfide) groups is 2. The monoisotopic (exact) mass is 300 g/mol. The van der Waals surface area contributed by atoms with E-state index in [0.29, 0.717) is 11.6 Å². The first-order valence-corrected chi connectivity index (χ1v) is 7.92. The number of nitrogens with zero attached hydrogens (tertiary/aromatic N) is 2. The Labute approximate surface area is 120 Å². The molecule has 0 radical (unpaired) electrons. The second-order valence-electron chi connectivity index (χ2n) is 4.17. The Morgan fingerprint density at radius 3 is 3.00 bits per heavy atom. The van der Waals surface area contributed by atoms with Gasteiger partial charge in [0.2, 0.25) is 0 Å². The molecule has 0 aliphatic carbocycles. The van der Waals surface area contributed by atoms with Gasteiger partial charge >= 0.3 is 5.97 Å². The lowest BCUT2D eigenvalue weighted by Gasteiger charge is -2.14. The first-order chi connectivity index (χ1) is 9.08. The van der Waals surface area contributed by atoms with E-state index < -0.39 is 0 Å². The molecule has 1 aromatic heterocycles. The van der Waals surface area contributed by atoms with Gasteiger partial charge in [-0.1, -0.05) is 18.7 Å². The number of aromatic nitrogens is 2. The van der Waals surface area contributed by atoms with Crippen molar-refractivity contribution >= 4 is 29.5 Å². The van der Waals surface area contributed by atoms with Crippen LogP contribution in [0.25, 0.3) is 0 Å². The van der Waals surface area contributed by atoms with Gasteiger partial charge in [-0.2, -0.15) is 0 Å². The molecule has 0 spiro atoms. The van der Waals surface area contributed by atoms with Gasteiger partial charge in [0.25, 0.3) is 5.56 Å². The zero-order chi connectivity index (χ0) is 14.0. The molecular formula is C12H16N2O3S2. The summed E-state index contributed by atoms with van der Waals surface area (Å²) in [5.74, 6) is 0.622. The molecule has 0 N–H and O–H groups in total. The number of aryl methyl sites for hydroxylation is 1. The van der Waals surface area contributed by atoms with Gasteiger partial charge < -0.3 is 4.74 Å². The summed E-state index contributed by atoms with van der Waals surface area (Å²) in [5.41, 5.74) is 0.838. The Kier molecular flexibility index (Phi) is 4.57. The molecule has 1 aliphatic rings. The van der Waals surface area contributed by atoms with E-state index in [1.165, 1.54) is 23.4 Å². The molecule has 2 heterocycles. The minimum Gasteiger partial charge on any atom is -0.468 e. The number of carbonyl (C=O) groups excluding carboxylic acids is 1. The molecule has 0 bridgehead atoms. The zero-order valence-corrected chi connectivity index (χ0v) is 12.8. The van der Waals surface area contributed by atoms with Crippen LogP contribution in [-0.2, 0) is 23.0 Å². The van der Waals surface area contributed by atoms with Crippen molar-refractivity contribution in [1.82, 2.24) is 9.55 Å². The minimum atomic E-state index is -0.324. The molecule has 0 aromatic carbocycles. The summed E-state index contributed by atoms with van der Waals surface area (Å²) < 4.78 is 6.28. The molecule has 2 rings (SSSR count). The van der Waals surface area contributed by atoms with Crippen LogP contribution in [0.3, 0.4) is 0 Å². The molecule has 0 fully saturated rings. The fraction of sp³-hybridized carbons (Fsp3) is 0.583. The van der Waals surface area contributed by atoms with Gasteiger partial charge in [0, 0.05) is 19.2 Å². The average molecular weight is 300 g/mol. The summed E-state index contributed by atoms with van der Waals surface area (Å²) in [4.78, 5) is 29.0. The normalized spacial score (nSPS) is 15.1. The van der Waals surface area contributed by atoms with Crippen LogP contribution in [0.4, 0.5) is 0 Å². The SMILES string of the molecule is CC[C@H](Sc1nc2c(c(=O)n1C)SCC2)C(=O)OC. The van der Waals surface area contributed by atoms with Crippen molar-refractivity contribution < 1.29 is 9.53 Å². The summed E-state index contributed by atoms with van der Waals surface area (Å²) in [6, 6.07) is 0. The second-order valence-corrected chi connectivity index (χ2v) is 6.45. The number of methoxy groups -OCH3 is 1. The van der Waals surface area contributed by atoms with E-state index in [1.807, 2.05) is 6.92 Å². The number of rotatable bonds is 4. The summed E-state index contributed by atoms with van der Waals surface area (Å²) in [6.07, 6.45) is 1.46. The highest BCUT2D eigenvalue weighted by molar-refractivity contribution is 8.00. The average Bonchev–Trinajstić information content (AvgIpc) is 2.88. The lowest BCUT2D eigenvalue weighted by molar-refractivity contribution is -0.140. The molecule has 1 atom stereocenters. The van der Waals surface area contributed by atoms with Gasteiger partial charge in [0.15, 0.2) is 5.16 Å².